The number of aliphatic hydroxyl groups is 1. The lowest BCUT2D eigenvalue weighted by atomic mass is 10.1. The van der Waals surface area contributed by atoms with Gasteiger partial charge in [-0.25, -0.2) is 0 Å². The number of aliphatic hydroxyl groups excluding tert-OH is 1. The van der Waals surface area contributed by atoms with Crippen molar-refractivity contribution in [3.05, 3.63) is 35.9 Å². The molecular weight excluding hydrogens is 169 g/mol. The lowest BCUT2D eigenvalue weighted by Crippen LogP contribution is -2.19. The van der Waals surface area contributed by atoms with Crippen molar-refractivity contribution in [1.29, 1.82) is 0 Å². The molecule has 0 aliphatic rings. The first-order valence-electron chi connectivity index (χ1n) is 3.31. The first-order valence-corrected chi connectivity index (χ1v) is 3.31. The van der Waals surface area contributed by atoms with Crippen LogP contribution in [-0.4, -0.2) is 11.3 Å². The minimum atomic E-state index is -4.58. The summed E-state index contributed by atoms with van der Waals surface area (Å²) in [6.07, 6.45) is -6.96. The summed E-state index contributed by atoms with van der Waals surface area (Å²) in [4.78, 5) is 0. The second-order valence-electron chi connectivity index (χ2n) is 2.35. The molecule has 0 aliphatic carbocycles. The normalized spacial score (nSPS) is 14.3. The Balaban J connectivity index is 2.86. The van der Waals surface area contributed by atoms with Gasteiger partial charge in [-0.15, -0.1) is 0 Å². The predicted molar refractivity (Wildman–Crippen MR) is 37.5 cm³/mol. The highest BCUT2D eigenvalue weighted by Crippen LogP contribution is 2.31. The van der Waals surface area contributed by atoms with E-state index in [0.717, 1.165) is 0 Å². The second-order valence-corrected chi connectivity index (χ2v) is 2.35. The fraction of sp³-hybridized carbons (Fsp3) is 0.250. The fourth-order valence-corrected chi connectivity index (χ4v) is 0.824. The minimum absolute atomic E-state index is 0.134. The average molecular weight is 176 g/mol. The number of halogens is 3. The Morgan fingerprint density at radius 2 is 1.58 bits per heavy atom. The molecule has 0 amide bonds. The van der Waals surface area contributed by atoms with Gasteiger partial charge in [-0.3, -0.25) is 0 Å². The molecule has 0 fully saturated rings. The highest BCUT2D eigenvalue weighted by atomic mass is 19.4. The monoisotopic (exact) mass is 176 g/mol. The van der Waals surface area contributed by atoms with Crippen molar-refractivity contribution >= 4 is 0 Å². The van der Waals surface area contributed by atoms with Gasteiger partial charge in [0, 0.05) is 0 Å². The number of hydrogen-bond acceptors (Lipinski definition) is 1. The van der Waals surface area contributed by atoms with Crippen LogP contribution in [0.1, 0.15) is 11.7 Å². The molecule has 0 aliphatic heterocycles. The molecule has 1 atom stereocenters. The summed E-state index contributed by atoms with van der Waals surface area (Å²) in [7, 11) is 0. The summed E-state index contributed by atoms with van der Waals surface area (Å²) in [6, 6.07) is 6.96. The maximum absolute atomic E-state index is 11.9. The molecule has 0 spiro atoms. The number of hydrogen-bond donors (Lipinski definition) is 1. The van der Waals surface area contributed by atoms with E-state index >= 15 is 0 Å². The summed E-state index contributed by atoms with van der Waals surface area (Å²) < 4.78 is 35.7. The van der Waals surface area contributed by atoms with Crippen molar-refractivity contribution in [3.63, 3.8) is 0 Å². The summed E-state index contributed by atoms with van der Waals surface area (Å²) in [5.74, 6) is 0. The van der Waals surface area contributed by atoms with E-state index in [1.165, 1.54) is 24.3 Å². The van der Waals surface area contributed by atoms with E-state index in [0.29, 0.717) is 0 Å². The Morgan fingerprint density at radius 1 is 1.08 bits per heavy atom. The lowest BCUT2D eigenvalue weighted by molar-refractivity contribution is -0.206. The molecule has 0 bridgehead atoms. The topological polar surface area (TPSA) is 20.2 Å². The Hall–Kier alpha value is -1.03. The Labute approximate surface area is 67.5 Å². The highest BCUT2D eigenvalue weighted by molar-refractivity contribution is 5.18. The van der Waals surface area contributed by atoms with Crippen molar-refractivity contribution in [3.8, 4) is 0 Å². The largest absolute Gasteiger partial charge is 0.418 e. The van der Waals surface area contributed by atoms with Crippen LogP contribution in [0, 0.1) is 0 Å². The van der Waals surface area contributed by atoms with Crippen LogP contribution in [-0.2, 0) is 0 Å². The van der Waals surface area contributed by atoms with Crippen LogP contribution in [0.5, 0.6) is 0 Å². The summed E-state index contributed by atoms with van der Waals surface area (Å²) in [5.41, 5.74) is -0.134. The molecule has 1 nitrogen and oxygen atoms in total. The van der Waals surface area contributed by atoms with Crippen LogP contribution in [0.25, 0.3) is 0 Å². The zero-order chi connectivity index (χ0) is 9.19. The molecular formula is C8H7F3O. The molecule has 0 aromatic heterocycles. The van der Waals surface area contributed by atoms with Gasteiger partial charge < -0.3 is 5.11 Å². The summed E-state index contributed by atoms with van der Waals surface area (Å²) in [6.45, 7) is 0. The van der Waals surface area contributed by atoms with Crippen molar-refractivity contribution in [1.82, 2.24) is 0 Å². The Kier molecular flexibility index (Phi) is 2.38. The molecule has 1 aromatic carbocycles. The number of rotatable bonds is 1. The van der Waals surface area contributed by atoms with E-state index in [2.05, 4.69) is 0 Å². The van der Waals surface area contributed by atoms with Crippen LogP contribution in [0.4, 0.5) is 13.2 Å². The minimum Gasteiger partial charge on any atom is -0.379 e. The van der Waals surface area contributed by atoms with E-state index in [1.54, 1.807) is 6.07 Å². The molecule has 66 valence electrons. The third-order valence-corrected chi connectivity index (χ3v) is 1.43. The molecule has 0 saturated heterocycles. The fourth-order valence-electron chi connectivity index (χ4n) is 0.824. The van der Waals surface area contributed by atoms with Gasteiger partial charge >= 0.3 is 6.18 Å². The smallest absolute Gasteiger partial charge is 0.379 e. The van der Waals surface area contributed by atoms with Gasteiger partial charge in [0.2, 0.25) is 0 Å². The Morgan fingerprint density at radius 3 is 2.00 bits per heavy atom. The van der Waals surface area contributed by atoms with Crippen molar-refractivity contribution in [2.75, 3.05) is 0 Å². The molecule has 4 heteroatoms. The first-order chi connectivity index (χ1) is 5.52. The van der Waals surface area contributed by atoms with E-state index in [9.17, 15) is 13.2 Å². The van der Waals surface area contributed by atoms with E-state index in [-0.39, 0.29) is 5.56 Å². The zero-order valence-electron chi connectivity index (χ0n) is 6.05. The van der Waals surface area contributed by atoms with Gasteiger partial charge in [0.25, 0.3) is 0 Å². The van der Waals surface area contributed by atoms with Gasteiger partial charge in [-0.05, 0) is 5.56 Å². The average Bonchev–Trinajstić information content (AvgIpc) is 2.03. The van der Waals surface area contributed by atoms with Crippen molar-refractivity contribution < 1.29 is 18.3 Å². The molecule has 0 heterocycles. The third kappa shape index (κ3) is 1.98. The van der Waals surface area contributed by atoms with Crippen molar-refractivity contribution in [2.24, 2.45) is 0 Å². The van der Waals surface area contributed by atoms with Crippen molar-refractivity contribution in [2.45, 2.75) is 12.3 Å². The quantitative estimate of drug-likeness (QED) is 0.695. The number of benzene rings is 1. The molecule has 0 saturated carbocycles. The van der Waals surface area contributed by atoms with Crippen LogP contribution in [0.3, 0.4) is 0 Å². The second kappa shape index (κ2) is 3.15. The molecule has 1 N–H and O–H groups in total. The van der Waals surface area contributed by atoms with E-state index in [1.807, 2.05) is 0 Å². The molecule has 0 radical (unpaired) electrons. The summed E-state index contributed by atoms with van der Waals surface area (Å²) >= 11 is 0. The molecule has 12 heavy (non-hydrogen) atoms. The SMILES string of the molecule is O[C@H](c1ccccc1)C(F)(F)F. The Bertz CT molecular complexity index is 242. The predicted octanol–water partition coefficient (Wildman–Crippen LogP) is 2.28. The molecule has 1 rings (SSSR count). The summed E-state index contributed by atoms with van der Waals surface area (Å²) in [5, 5.41) is 8.73. The van der Waals surface area contributed by atoms with Gasteiger partial charge in [0.1, 0.15) is 0 Å². The standard InChI is InChI=1S/C8H7F3O/c9-8(10,11)7(12)6-4-2-1-3-5-6/h1-5,7,12H/t7-/m1/s1. The number of alkyl halides is 3. The van der Waals surface area contributed by atoms with E-state index in [4.69, 9.17) is 5.11 Å². The van der Waals surface area contributed by atoms with Crippen LogP contribution in [0.2, 0.25) is 0 Å². The maximum Gasteiger partial charge on any atom is 0.418 e. The van der Waals surface area contributed by atoms with Crippen LogP contribution < -0.4 is 0 Å². The highest BCUT2D eigenvalue weighted by Gasteiger charge is 2.38. The van der Waals surface area contributed by atoms with Gasteiger partial charge in [-0.2, -0.15) is 13.2 Å². The van der Waals surface area contributed by atoms with Gasteiger partial charge in [-0.1, -0.05) is 30.3 Å². The zero-order valence-corrected chi connectivity index (χ0v) is 6.05. The molecule has 1 aromatic rings. The maximum atomic E-state index is 11.9. The first kappa shape index (κ1) is 9.06. The van der Waals surface area contributed by atoms with Crippen LogP contribution in [0.15, 0.2) is 30.3 Å². The van der Waals surface area contributed by atoms with E-state index < -0.39 is 12.3 Å². The van der Waals surface area contributed by atoms with Gasteiger partial charge in [0.15, 0.2) is 6.10 Å². The van der Waals surface area contributed by atoms with Crippen LogP contribution >= 0.6 is 0 Å². The van der Waals surface area contributed by atoms with Gasteiger partial charge in [0.05, 0.1) is 0 Å². The molecule has 0 unspecified atom stereocenters. The third-order valence-electron chi connectivity index (χ3n) is 1.43. The lowest BCUT2D eigenvalue weighted by Gasteiger charge is -2.13.